The van der Waals surface area contributed by atoms with E-state index >= 15 is 0 Å². The van der Waals surface area contributed by atoms with E-state index in [-0.39, 0.29) is 11.9 Å². The molecule has 0 spiro atoms. The molecule has 20 heavy (non-hydrogen) atoms. The van der Waals surface area contributed by atoms with Crippen molar-refractivity contribution >= 4 is 5.78 Å². The van der Waals surface area contributed by atoms with Gasteiger partial charge in [0.25, 0.3) is 0 Å². The van der Waals surface area contributed by atoms with Gasteiger partial charge in [0, 0.05) is 12.0 Å². The molecular weight excluding hydrogens is 248 g/mol. The summed E-state index contributed by atoms with van der Waals surface area (Å²) in [6.07, 6.45) is 1.68. The second-order valence-electron chi connectivity index (χ2n) is 5.45. The van der Waals surface area contributed by atoms with Crippen LogP contribution in [0.3, 0.4) is 0 Å². The second kappa shape index (κ2) is 5.12. The quantitative estimate of drug-likeness (QED) is 0.829. The summed E-state index contributed by atoms with van der Waals surface area (Å²) in [6, 6.07) is 14.1. The predicted octanol–water partition coefficient (Wildman–Crippen LogP) is 4.27. The Hall–Kier alpha value is -2.09. The van der Waals surface area contributed by atoms with Crippen LogP contribution in [0.2, 0.25) is 0 Å². The summed E-state index contributed by atoms with van der Waals surface area (Å²) in [5, 5.41) is 0. The Labute approximate surface area is 119 Å². The van der Waals surface area contributed by atoms with E-state index in [2.05, 4.69) is 18.2 Å². The molecule has 0 aromatic heterocycles. The van der Waals surface area contributed by atoms with Crippen molar-refractivity contribution in [1.82, 2.24) is 0 Å². The van der Waals surface area contributed by atoms with Gasteiger partial charge in [-0.15, -0.1) is 0 Å². The lowest BCUT2D eigenvalue weighted by atomic mass is 9.97. The highest BCUT2D eigenvalue weighted by molar-refractivity contribution is 6.02. The number of fused-ring (bicyclic) bond motifs is 1. The smallest absolute Gasteiger partial charge is 0.163 e. The number of benzene rings is 2. The first-order valence-corrected chi connectivity index (χ1v) is 7.07. The van der Waals surface area contributed by atoms with Crippen LogP contribution in [0.25, 0.3) is 11.1 Å². The average Bonchev–Trinajstić information content (AvgIpc) is 2.81. The zero-order chi connectivity index (χ0) is 14.1. The van der Waals surface area contributed by atoms with E-state index in [1.165, 1.54) is 11.1 Å². The lowest BCUT2D eigenvalue weighted by Crippen LogP contribution is -2.05. The number of hydrogen-bond acceptors (Lipinski definition) is 2. The molecule has 0 fully saturated rings. The van der Waals surface area contributed by atoms with Crippen molar-refractivity contribution in [2.24, 2.45) is 0 Å². The van der Waals surface area contributed by atoms with Gasteiger partial charge in [-0.25, -0.2) is 0 Å². The monoisotopic (exact) mass is 266 g/mol. The summed E-state index contributed by atoms with van der Waals surface area (Å²) >= 11 is 0. The molecule has 0 heterocycles. The molecule has 0 unspecified atom stereocenters. The van der Waals surface area contributed by atoms with Crippen LogP contribution in [-0.4, -0.2) is 11.9 Å². The van der Waals surface area contributed by atoms with Gasteiger partial charge in [-0.3, -0.25) is 4.79 Å². The zero-order valence-corrected chi connectivity index (χ0v) is 11.8. The van der Waals surface area contributed by atoms with E-state index in [4.69, 9.17) is 4.74 Å². The van der Waals surface area contributed by atoms with Crippen LogP contribution in [-0.2, 0) is 6.42 Å². The van der Waals surface area contributed by atoms with E-state index in [0.717, 1.165) is 23.3 Å². The van der Waals surface area contributed by atoms with E-state index in [1.807, 2.05) is 38.1 Å². The summed E-state index contributed by atoms with van der Waals surface area (Å²) in [7, 11) is 0. The Morgan fingerprint density at radius 1 is 0.950 bits per heavy atom. The maximum atomic E-state index is 11.8. The third-order valence-electron chi connectivity index (χ3n) is 3.62. The largest absolute Gasteiger partial charge is 0.491 e. The number of ether oxygens (including phenoxy) is 1. The summed E-state index contributed by atoms with van der Waals surface area (Å²) in [4.78, 5) is 11.8. The molecule has 0 bridgehead atoms. The van der Waals surface area contributed by atoms with Crippen molar-refractivity contribution in [3.05, 3.63) is 53.6 Å². The van der Waals surface area contributed by atoms with Gasteiger partial charge >= 0.3 is 0 Å². The predicted molar refractivity (Wildman–Crippen MR) is 80.3 cm³/mol. The number of carbonyl (C=O) groups is 1. The molecule has 1 aliphatic carbocycles. The first kappa shape index (κ1) is 12.9. The first-order chi connectivity index (χ1) is 9.65. The third-order valence-corrected chi connectivity index (χ3v) is 3.62. The molecule has 0 saturated carbocycles. The Kier molecular flexibility index (Phi) is 3.31. The summed E-state index contributed by atoms with van der Waals surface area (Å²) in [6.45, 7) is 4.03. The maximum absolute atomic E-state index is 11.8. The van der Waals surface area contributed by atoms with Crippen LogP contribution in [0.1, 0.15) is 36.2 Å². The van der Waals surface area contributed by atoms with Gasteiger partial charge in [-0.2, -0.15) is 0 Å². The molecule has 0 radical (unpaired) electrons. The zero-order valence-electron chi connectivity index (χ0n) is 11.8. The molecule has 0 aliphatic heterocycles. The molecule has 102 valence electrons. The normalized spacial score (nSPS) is 13.7. The maximum Gasteiger partial charge on any atom is 0.163 e. The Morgan fingerprint density at radius 3 is 2.35 bits per heavy atom. The third kappa shape index (κ3) is 2.34. The Bertz CT molecular complexity index is 639. The number of carbonyl (C=O) groups excluding carboxylic acids is 1. The number of Topliss-reactive ketones (excluding diaryl/α,β-unsaturated/α-hetero) is 1. The highest BCUT2D eigenvalue weighted by Crippen LogP contribution is 2.33. The van der Waals surface area contributed by atoms with Crippen LogP contribution in [0, 0.1) is 0 Å². The van der Waals surface area contributed by atoms with Crippen molar-refractivity contribution in [3.63, 3.8) is 0 Å². The Morgan fingerprint density at radius 2 is 1.65 bits per heavy atom. The lowest BCUT2D eigenvalue weighted by molar-refractivity contribution is 0.0994. The van der Waals surface area contributed by atoms with Gasteiger partial charge in [0.05, 0.1) is 6.10 Å². The van der Waals surface area contributed by atoms with E-state index in [9.17, 15) is 4.79 Å². The van der Waals surface area contributed by atoms with E-state index < -0.39 is 0 Å². The van der Waals surface area contributed by atoms with E-state index in [0.29, 0.717) is 6.42 Å². The fourth-order valence-electron chi connectivity index (χ4n) is 2.75. The topological polar surface area (TPSA) is 26.3 Å². The lowest BCUT2D eigenvalue weighted by Gasteiger charge is -2.11. The van der Waals surface area contributed by atoms with Crippen molar-refractivity contribution in [3.8, 4) is 16.9 Å². The molecule has 2 heteroatoms. The summed E-state index contributed by atoms with van der Waals surface area (Å²) in [5.74, 6) is 1.15. The van der Waals surface area contributed by atoms with Gasteiger partial charge in [-0.05, 0) is 49.1 Å². The molecule has 2 aromatic carbocycles. The molecule has 0 N–H and O–H groups in total. The molecule has 2 nitrogen and oxygen atoms in total. The fraction of sp³-hybridized carbons (Fsp3) is 0.278. The Balaban J connectivity index is 1.96. The molecule has 1 aliphatic rings. The standard InChI is InChI=1S/C18H18O2/c1-12(2)20-14-8-6-13(7-9-14)15-4-3-5-17-16(15)10-11-18(17)19/h3-9,12H,10-11H2,1-2H3. The number of ketones is 1. The number of rotatable bonds is 3. The highest BCUT2D eigenvalue weighted by atomic mass is 16.5. The van der Waals surface area contributed by atoms with E-state index in [1.54, 1.807) is 0 Å². The average molecular weight is 266 g/mol. The van der Waals surface area contributed by atoms with Crippen molar-refractivity contribution in [2.45, 2.75) is 32.8 Å². The second-order valence-corrected chi connectivity index (χ2v) is 5.45. The molecule has 2 aromatic rings. The first-order valence-electron chi connectivity index (χ1n) is 7.07. The van der Waals surface area contributed by atoms with Crippen LogP contribution in [0.5, 0.6) is 5.75 Å². The van der Waals surface area contributed by atoms with Gasteiger partial charge in [0.15, 0.2) is 5.78 Å². The minimum absolute atomic E-state index is 0.180. The highest BCUT2D eigenvalue weighted by Gasteiger charge is 2.22. The fourth-order valence-corrected chi connectivity index (χ4v) is 2.75. The van der Waals surface area contributed by atoms with Crippen LogP contribution in [0.15, 0.2) is 42.5 Å². The van der Waals surface area contributed by atoms with Crippen LogP contribution >= 0.6 is 0 Å². The number of hydrogen-bond donors (Lipinski definition) is 0. The molecule has 0 amide bonds. The SMILES string of the molecule is CC(C)Oc1ccc(-c2cccc3c2CCC3=O)cc1. The van der Waals surface area contributed by atoms with Gasteiger partial charge in [0.1, 0.15) is 5.75 Å². The van der Waals surface area contributed by atoms with Gasteiger partial charge < -0.3 is 4.74 Å². The van der Waals surface area contributed by atoms with Gasteiger partial charge in [0.2, 0.25) is 0 Å². The molecule has 3 rings (SSSR count). The molecule has 0 atom stereocenters. The van der Waals surface area contributed by atoms with Crippen LogP contribution in [0.4, 0.5) is 0 Å². The minimum Gasteiger partial charge on any atom is -0.491 e. The van der Waals surface area contributed by atoms with Crippen molar-refractivity contribution in [2.75, 3.05) is 0 Å². The van der Waals surface area contributed by atoms with Crippen molar-refractivity contribution in [1.29, 1.82) is 0 Å². The van der Waals surface area contributed by atoms with Crippen LogP contribution < -0.4 is 4.74 Å². The summed E-state index contributed by atoms with van der Waals surface area (Å²) < 4.78 is 5.66. The molecular formula is C18H18O2. The minimum atomic E-state index is 0.180. The molecule has 0 saturated heterocycles. The summed E-state index contributed by atoms with van der Waals surface area (Å²) in [5.41, 5.74) is 4.40. The van der Waals surface area contributed by atoms with Crippen molar-refractivity contribution < 1.29 is 9.53 Å². The van der Waals surface area contributed by atoms with Gasteiger partial charge in [-0.1, -0.05) is 30.3 Å².